The number of carbonyl (C=O) groups excluding carboxylic acids is 1. The third-order valence-electron chi connectivity index (χ3n) is 3.69. The summed E-state index contributed by atoms with van der Waals surface area (Å²) in [7, 11) is 0. The first-order chi connectivity index (χ1) is 10.6. The van der Waals surface area contributed by atoms with E-state index < -0.39 is 0 Å². The average Bonchev–Trinajstić information content (AvgIpc) is 3.09. The Morgan fingerprint density at radius 1 is 1.41 bits per heavy atom. The number of aryl methyl sites for hydroxylation is 1. The number of hydrogen-bond acceptors (Lipinski definition) is 3. The van der Waals surface area contributed by atoms with Crippen LogP contribution in [0.5, 0.6) is 0 Å². The van der Waals surface area contributed by atoms with Crippen molar-refractivity contribution in [3.63, 3.8) is 0 Å². The van der Waals surface area contributed by atoms with Gasteiger partial charge in [0.25, 0.3) is 5.91 Å². The molecular weight excluding hydrogens is 282 g/mol. The fraction of sp³-hybridized carbons (Fsp3) is 0.267. The van der Waals surface area contributed by atoms with Crippen LogP contribution in [0.2, 0.25) is 0 Å². The molecule has 0 saturated heterocycles. The van der Waals surface area contributed by atoms with Gasteiger partial charge in [-0.2, -0.15) is 5.10 Å². The Morgan fingerprint density at radius 2 is 2.23 bits per heavy atom. The molecule has 0 unspecified atom stereocenters. The molecule has 22 heavy (non-hydrogen) atoms. The molecule has 0 aliphatic rings. The Balaban J connectivity index is 1.78. The predicted octanol–water partition coefficient (Wildman–Crippen LogP) is 1.31. The number of hydrogen-bond donors (Lipinski definition) is 3. The maximum Gasteiger partial charge on any atom is 0.343 e. The minimum Gasteiger partial charge on any atom is -0.351 e. The lowest BCUT2D eigenvalue weighted by Gasteiger charge is -2.04. The highest BCUT2D eigenvalue weighted by Gasteiger charge is 2.12. The first-order valence-corrected chi connectivity index (χ1v) is 7.10. The number of benzene rings is 1. The van der Waals surface area contributed by atoms with Crippen molar-refractivity contribution in [1.82, 2.24) is 25.1 Å². The van der Waals surface area contributed by atoms with Crippen LogP contribution in [-0.2, 0) is 13.1 Å². The summed E-state index contributed by atoms with van der Waals surface area (Å²) < 4.78 is 1.48. The van der Waals surface area contributed by atoms with Crippen LogP contribution in [0.3, 0.4) is 0 Å². The third kappa shape index (κ3) is 2.41. The van der Waals surface area contributed by atoms with Crippen LogP contribution >= 0.6 is 0 Å². The molecule has 3 aromatic rings. The summed E-state index contributed by atoms with van der Waals surface area (Å²) in [5.74, 6) is 0.279. The van der Waals surface area contributed by atoms with Crippen LogP contribution in [0, 0.1) is 6.92 Å². The van der Waals surface area contributed by atoms with Crippen molar-refractivity contribution in [1.29, 1.82) is 0 Å². The lowest BCUT2D eigenvalue weighted by atomic mass is 10.1. The van der Waals surface area contributed by atoms with Crippen molar-refractivity contribution in [3.8, 4) is 0 Å². The van der Waals surface area contributed by atoms with E-state index in [-0.39, 0.29) is 18.1 Å². The van der Waals surface area contributed by atoms with Crippen molar-refractivity contribution >= 4 is 16.8 Å². The van der Waals surface area contributed by atoms with Gasteiger partial charge in [0.2, 0.25) is 0 Å². The van der Waals surface area contributed by atoms with Gasteiger partial charge >= 0.3 is 5.69 Å². The van der Waals surface area contributed by atoms with Gasteiger partial charge in [0.15, 0.2) is 5.82 Å². The van der Waals surface area contributed by atoms with Crippen molar-refractivity contribution in [3.05, 3.63) is 51.8 Å². The molecule has 0 aliphatic heterocycles. The Morgan fingerprint density at radius 3 is 2.95 bits per heavy atom. The van der Waals surface area contributed by atoms with E-state index >= 15 is 0 Å². The summed E-state index contributed by atoms with van der Waals surface area (Å²) in [6.07, 6.45) is 0. The molecule has 1 aromatic carbocycles. The van der Waals surface area contributed by atoms with E-state index in [0.717, 1.165) is 16.5 Å². The van der Waals surface area contributed by atoms with Crippen LogP contribution in [0.1, 0.15) is 28.8 Å². The van der Waals surface area contributed by atoms with Crippen molar-refractivity contribution in [2.45, 2.75) is 26.9 Å². The van der Waals surface area contributed by atoms with Gasteiger partial charge in [-0.1, -0.05) is 12.1 Å². The van der Waals surface area contributed by atoms with Crippen LogP contribution in [0.25, 0.3) is 10.9 Å². The number of aromatic amines is 2. The van der Waals surface area contributed by atoms with Gasteiger partial charge in [-0.25, -0.2) is 9.89 Å². The number of rotatable bonds is 4. The number of aromatic nitrogens is 4. The van der Waals surface area contributed by atoms with Gasteiger partial charge < -0.3 is 10.3 Å². The first-order valence-electron chi connectivity index (χ1n) is 7.10. The molecule has 7 nitrogen and oxygen atoms in total. The summed E-state index contributed by atoms with van der Waals surface area (Å²) in [6.45, 7) is 4.55. The summed E-state index contributed by atoms with van der Waals surface area (Å²) in [5.41, 5.74) is 2.26. The molecule has 3 N–H and O–H groups in total. The van der Waals surface area contributed by atoms with Crippen molar-refractivity contribution in [2.75, 3.05) is 0 Å². The molecule has 0 aliphatic carbocycles. The summed E-state index contributed by atoms with van der Waals surface area (Å²) >= 11 is 0. The lowest BCUT2D eigenvalue weighted by Crippen LogP contribution is -2.26. The van der Waals surface area contributed by atoms with E-state index in [4.69, 9.17) is 0 Å². The minimum absolute atomic E-state index is 0.194. The molecule has 2 heterocycles. The van der Waals surface area contributed by atoms with Crippen LogP contribution in [0.4, 0.5) is 0 Å². The second-order valence-corrected chi connectivity index (χ2v) is 5.09. The monoisotopic (exact) mass is 299 g/mol. The molecule has 3 rings (SSSR count). The second kappa shape index (κ2) is 5.51. The number of H-pyrrole nitrogens is 2. The number of nitrogens with one attached hydrogen (secondary N) is 3. The van der Waals surface area contributed by atoms with E-state index in [0.29, 0.717) is 18.1 Å². The molecule has 0 radical (unpaired) electrons. The first kappa shape index (κ1) is 14.1. The fourth-order valence-corrected chi connectivity index (χ4v) is 2.49. The fourth-order valence-electron chi connectivity index (χ4n) is 2.49. The zero-order valence-corrected chi connectivity index (χ0v) is 12.4. The van der Waals surface area contributed by atoms with Gasteiger partial charge in [-0.05, 0) is 31.5 Å². The molecule has 0 spiro atoms. The highest BCUT2D eigenvalue weighted by molar-refractivity contribution is 5.98. The third-order valence-corrected chi connectivity index (χ3v) is 3.69. The highest BCUT2D eigenvalue weighted by Crippen LogP contribution is 2.19. The standard InChI is InChI=1S/C15H17N5O2/c1-3-20-13(18-19-15(20)22)8-16-14(21)12-7-10-9(2)5-4-6-11(10)17-12/h4-7,17H,3,8H2,1-2H3,(H,16,21)(H,19,22). The lowest BCUT2D eigenvalue weighted by molar-refractivity contribution is 0.0945. The molecule has 2 aromatic heterocycles. The largest absolute Gasteiger partial charge is 0.351 e. The van der Waals surface area contributed by atoms with Crippen molar-refractivity contribution < 1.29 is 4.79 Å². The van der Waals surface area contributed by atoms with E-state index in [2.05, 4.69) is 20.5 Å². The minimum atomic E-state index is -0.270. The predicted molar refractivity (Wildman–Crippen MR) is 82.7 cm³/mol. The normalized spacial score (nSPS) is 11.0. The molecule has 0 bridgehead atoms. The Kier molecular flexibility index (Phi) is 3.54. The second-order valence-electron chi connectivity index (χ2n) is 5.09. The topological polar surface area (TPSA) is 95.6 Å². The molecule has 0 saturated carbocycles. The Bertz CT molecular complexity index is 887. The molecule has 0 atom stereocenters. The van der Waals surface area contributed by atoms with Crippen LogP contribution in [-0.4, -0.2) is 25.7 Å². The summed E-state index contributed by atoms with van der Waals surface area (Å²) in [6, 6.07) is 7.71. The smallest absolute Gasteiger partial charge is 0.343 e. The van der Waals surface area contributed by atoms with Gasteiger partial charge in [0.05, 0.1) is 6.54 Å². The quantitative estimate of drug-likeness (QED) is 0.678. The summed E-state index contributed by atoms with van der Waals surface area (Å²) in [4.78, 5) is 26.8. The van der Waals surface area contributed by atoms with E-state index in [1.807, 2.05) is 38.1 Å². The van der Waals surface area contributed by atoms with E-state index in [1.54, 1.807) is 0 Å². The molecule has 114 valence electrons. The number of carbonyl (C=O) groups is 1. The SMILES string of the molecule is CCn1c(CNC(=O)c2cc3c(C)cccc3[nH]2)n[nH]c1=O. The van der Waals surface area contributed by atoms with Crippen LogP contribution < -0.4 is 11.0 Å². The highest BCUT2D eigenvalue weighted by atomic mass is 16.2. The zero-order valence-electron chi connectivity index (χ0n) is 12.4. The number of fused-ring (bicyclic) bond motifs is 1. The van der Waals surface area contributed by atoms with Gasteiger partial charge in [0, 0.05) is 17.4 Å². The van der Waals surface area contributed by atoms with Crippen molar-refractivity contribution in [2.24, 2.45) is 0 Å². The Labute approximate surface area is 126 Å². The average molecular weight is 299 g/mol. The molecule has 0 fully saturated rings. The molecule has 7 heteroatoms. The summed E-state index contributed by atoms with van der Waals surface area (Å²) in [5, 5.41) is 10.1. The number of amides is 1. The Hall–Kier alpha value is -2.83. The van der Waals surface area contributed by atoms with Gasteiger partial charge in [-0.15, -0.1) is 0 Å². The molecular formula is C15H17N5O2. The van der Waals surface area contributed by atoms with E-state index in [1.165, 1.54) is 4.57 Å². The zero-order chi connectivity index (χ0) is 15.7. The van der Waals surface area contributed by atoms with Gasteiger partial charge in [0.1, 0.15) is 5.69 Å². The van der Waals surface area contributed by atoms with Gasteiger partial charge in [-0.3, -0.25) is 9.36 Å². The maximum atomic E-state index is 12.2. The van der Waals surface area contributed by atoms with Crippen LogP contribution in [0.15, 0.2) is 29.1 Å². The molecule has 1 amide bonds. The van der Waals surface area contributed by atoms with E-state index in [9.17, 15) is 9.59 Å². The number of nitrogens with zero attached hydrogens (tertiary/aromatic N) is 2. The maximum absolute atomic E-state index is 12.2.